The van der Waals surface area contributed by atoms with Crippen LogP contribution < -0.4 is 0 Å². The average molecular weight is 364 g/mol. The van der Waals surface area contributed by atoms with Gasteiger partial charge in [0.15, 0.2) is 0 Å². The van der Waals surface area contributed by atoms with Gasteiger partial charge in [0.25, 0.3) is 0 Å². The molecule has 1 saturated carbocycles. The van der Waals surface area contributed by atoms with E-state index in [0.717, 1.165) is 11.1 Å². The molecule has 0 radical (unpaired) electrons. The largest absolute Gasteiger partial charge is 0.461 e. The molecule has 7 nitrogen and oxygen atoms in total. The second kappa shape index (κ2) is 6.54. The Labute approximate surface area is 152 Å². The fourth-order valence-corrected chi connectivity index (χ4v) is 4.49. The van der Waals surface area contributed by atoms with Gasteiger partial charge < -0.3 is 19.3 Å². The molecule has 0 saturated heterocycles. The van der Waals surface area contributed by atoms with Crippen LogP contribution in [-0.4, -0.2) is 41.8 Å². The summed E-state index contributed by atoms with van der Waals surface area (Å²) in [5, 5.41) is 10.7. The zero-order chi connectivity index (χ0) is 19.2. The van der Waals surface area contributed by atoms with Crippen molar-refractivity contribution in [3.63, 3.8) is 0 Å². The Kier molecular flexibility index (Phi) is 4.69. The van der Waals surface area contributed by atoms with Crippen LogP contribution in [-0.2, 0) is 28.6 Å². The molecule has 0 bridgehead atoms. The second-order valence-corrected chi connectivity index (χ2v) is 7.51. The van der Waals surface area contributed by atoms with Crippen molar-refractivity contribution in [1.82, 2.24) is 0 Å². The first kappa shape index (κ1) is 18.6. The predicted molar refractivity (Wildman–Crippen MR) is 89.5 cm³/mol. The highest BCUT2D eigenvalue weighted by atomic mass is 16.6. The zero-order valence-electron chi connectivity index (χ0n) is 15.5. The summed E-state index contributed by atoms with van der Waals surface area (Å²) in [5.41, 5.74) is 1.53. The summed E-state index contributed by atoms with van der Waals surface area (Å²) >= 11 is 0. The van der Waals surface area contributed by atoms with Crippen LogP contribution in [0.5, 0.6) is 0 Å². The lowest BCUT2D eigenvalue weighted by atomic mass is 9.56. The van der Waals surface area contributed by atoms with Gasteiger partial charge in [-0.2, -0.15) is 0 Å². The number of ether oxygens (including phenoxy) is 3. The van der Waals surface area contributed by atoms with Crippen molar-refractivity contribution < 1.29 is 33.7 Å². The van der Waals surface area contributed by atoms with Crippen LogP contribution in [0.15, 0.2) is 22.5 Å². The van der Waals surface area contributed by atoms with Crippen molar-refractivity contribution in [2.45, 2.75) is 59.2 Å². The van der Waals surface area contributed by atoms with Gasteiger partial charge in [0.2, 0.25) is 0 Å². The number of rotatable bonds is 3. The predicted octanol–water partition coefficient (Wildman–Crippen LogP) is 1.79. The molecule has 2 aliphatic carbocycles. The first-order chi connectivity index (χ1) is 12.1. The molecule has 4 unspecified atom stereocenters. The van der Waals surface area contributed by atoms with Crippen LogP contribution >= 0.6 is 0 Å². The number of aliphatic hydroxyl groups is 1. The summed E-state index contributed by atoms with van der Waals surface area (Å²) in [5.74, 6) is -1.24. The molecule has 1 N–H and O–H groups in total. The van der Waals surface area contributed by atoms with E-state index in [2.05, 4.69) is 0 Å². The molecule has 3 aliphatic rings. The summed E-state index contributed by atoms with van der Waals surface area (Å²) in [6.45, 7) is 6.33. The summed E-state index contributed by atoms with van der Waals surface area (Å²) in [4.78, 5) is 34.8. The Morgan fingerprint density at radius 2 is 2.00 bits per heavy atom. The summed E-state index contributed by atoms with van der Waals surface area (Å²) in [7, 11) is 0. The third kappa shape index (κ3) is 2.94. The molecule has 142 valence electrons. The fraction of sp³-hybridized carbons (Fsp3) is 0.632. The highest BCUT2D eigenvalue weighted by molar-refractivity contribution is 5.93. The fourth-order valence-electron chi connectivity index (χ4n) is 4.49. The molecule has 26 heavy (non-hydrogen) atoms. The molecule has 1 heterocycles. The Bertz CT molecular complexity index is 732. The third-order valence-corrected chi connectivity index (χ3v) is 5.89. The molecule has 1 aliphatic heterocycles. The first-order valence-corrected chi connectivity index (χ1v) is 8.77. The van der Waals surface area contributed by atoms with Gasteiger partial charge in [-0.1, -0.05) is 6.92 Å². The van der Waals surface area contributed by atoms with Gasteiger partial charge in [-0.3, -0.25) is 9.59 Å². The second-order valence-electron chi connectivity index (χ2n) is 7.51. The van der Waals surface area contributed by atoms with Crippen LogP contribution in [0, 0.1) is 11.3 Å². The molecular formula is C19H24O7. The molecular weight excluding hydrogens is 340 g/mol. The monoisotopic (exact) mass is 364 g/mol. The molecule has 0 amide bonds. The Morgan fingerprint density at radius 3 is 2.62 bits per heavy atom. The van der Waals surface area contributed by atoms with Gasteiger partial charge in [-0.05, 0) is 30.9 Å². The van der Waals surface area contributed by atoms with Crippen molar-refractivity contribution in [3.8, 4) is 0 Å². The highest BCUT2D eigenvalue weighted by Crippen LogP contribution is 2.56. The zero-order valence-corrected chi connectivity index (χ0v) is 15.5. The maximum absolute atomic E-state index is 12.3. The molecule has 0 aromatic carbocycles. The summed E-state index contributed by atoms with van der Waals surface area (Å²) < 4.78 is 15.9. The number of esters is 3. The average Bonchev–Trinajstić information content (AvgIpc) is 2.85. The Morgan fingerprint density at radius 1 is 1.31 bits per heavy atom. The number of aliphatic hydroxyl groups excluding tert-OH is 1. The van der Waals surface area contributed by atoms with E-state index < -0.39 is 35.5 Å². The van der Waals surface area contributed by atoms with Gasteiger partial charge in [-0.25, -0.2) is 4.79 Å². The quantitative estimate of drug-likeness (QED) is 0.602. The topological polar surface area (TPSA) is 99.1 Å². The molecule has 1 fully saturated rings. The van der Waals surface area contributed by atoms with Gasteiger partial charge in [0.1, 0.15) is 18.5 Å². The molecule has 0 spiro atoms. The number of carbonyl (C=O) groups is 3. The van der Waals surface area contributed by atoms with Crippen molar-refractivity contribution >= 4 is 17.9 Å². The van der Waals surface area contributed by atoms with E-state index in [1.165, 1.54) is 13.8 Å². The summed E-state index contributed by atoms with van der Waals surface area (Å²) in [6.07, 6.45) is 0.275. The Balaban J connectivity index is 2.00. The van der Waals surface area contributed by atoms with Gasteiger partial charge >= 0.3 is 17.9 Å². The van der Waals surface area contributed by atoms with Gasteiger partial charge in [-0.15, -0.1) is 0 Å². The first-order valence-electron chi connectivity index (χ1n) is 8.77. The highest BCUT2D eigenvalue weighted by Gasteiger charge is 2.56. The number of carbonyl (C=O) groups excluding carboxylic acids is 3. The van der Waals surface area contributed by atoms with Crippen molar-refractivity contribution in [2.24, 2.45) is 11.3 Å². The van der Waals surface area contributed by atoms with Crippen molar-refractivity contribution in [3.05, 3.63) is 22.5 Å². The molecule has 7 heteroatoms. The van der Waals surface area contributed by atoms with Crippen LogP contribution in [0.3, 0.4) is 0 Å². The minimum absolute atomic E-state index is 0.106. The smallest absolute Gasteiger partial charge is 0.338 e. The maximum Gasteiger partial charge on any atom is 0.338 e. The van der Waals surface area contributed by atoms with Crippen LogP contribution in [0.1, 0.15) is 47.0 Å². The van der Waals surface area contributed by atoms with Crippen LogP contribution in [0.25, 0.3) is 0 Å². The van der Waals surface area contributed by atoms with E-state index in [0.29, 0.717) is 24.2 Å². The molecule has 0 aromatic heterocycles. The maximum atomic E-state index is 12.3. The Hall–Kier alpha value is -2.15. The lowest BCUT2D eigenvalue weighted by molar-refractivity contribution is -0.150. The van der Waals surface area contributed by atoms with Crippen molar-refractivity contribution in [1.29, 1.82) is 0 Å². The van der Waals surface area contributed by atoms with Gasteiger partial charge in [0.05, 0.1) is 11.7 Å². The van der Waals surface area contributed by atoms with E-state index >= 15 is 0 Å². The molecule has 0 aromatic rings. The van der Waals surface area contributed by atoms with Crippen LogP contribution in [0.2, 0.25) is 0 Å². The lowest BCUT2D eigenvalue weighted by Crippen LogP contribution is -2.52. The summed E-state index contributed by atoms with van der Waals surface area (Å²) in [6, 6.07) is 0. The molecule has 4 atom stereocenters. The lowest BCUT2D eigenvalue weighted by Gasteiger charge is -2.51. The molecule has 3 rings (SSSR count). The third-order valence-electron chi connectivity index (χ3n) is 5.89. The van der Waals surface area contributed by atoms with Gasteiger partial charge in [0, 0.05) is 31.6 Å². The number of fused-ring (bicyclic) bond motifs is 3. The van der Waals surface area contributed by atoms with Crippen LogP contribution in [0.4, 0.5) is 0 Å². The van der Waals surface area contributed by atoms with Crippen molar-refractivity contribution in [2.75, 3.05) is 6.61 Å². The number of hydrogen-bond donors (Lipinski definition) is 1. The van der Waals surface area contributed by atoms with E-state index in [-0.39, 0.29) is 18.9 Å². The standard InChI is InChI=1S/C19H24O7/c1-9-14(25-11(3)21)7-15(22)19(4)6-5-12-13(8-24-10(2)20)18(23)26-17(12)16(9)19/h15-17,22H,5-8H2,1-4H3. The van der Waals surface area contributed by atoms with E-state index in [1.807, 2.05) is 13.8 Å². The van der Waals surface area contributed by atoms with E-state index in [1.54, 1.807) is 0 Å². The minimum atomic E-state index is -0.705. The normalized spacial score (nSPS) is 33.4. The van der Waals surface area contributed by atoms with E-state index in [4.69, 9.17) is 14.2 Å². The minimum Gasteiger partial charge on any atom is -0.461 e. The van der Waals surface area contributed by atoms with E-state index in [9.17, 15) is 19.5 Å². The number of hydrogen-bond acceptors (Lipinski definition) is 7. The SMILES string of the molecule is CC(=O)OCC1=C2CCC3(C)C(O)CC(OC(C)=O)=C(C)C3C2OC1=O.